The van der Waals surface area contributed by atoms with Crippen molar-refractivity contribution in [1.29, 1.82) is 0 Å². The van der Waals surface area contributed by atoms with Crippen LogP contribution in [0.25, 0.3) is 33.7 Å². The fourth-order valence-corrected chi connectivity index (χ4v) is 8.25. The fourth-order valence-electron chi connectivity index (χ4n) is 7.41. The van der Waals surface area contributed by atoms with E-state index in [4.69, 9.17) is 18.9 Å². The van der Waals surface area contributed by atoms with Gasteiger partial charge in [0.15, 0.2) is 12.1 Å². The molecule has 1 N–H and O–H groups in total. The van der Waals surface area contributed by atoms with E-state index in [2.05, 4.69) is 6.07 Å². The summed E-state index contributed by atoms with van der Waals surface area (Å²) in [7, 11) is 0. The first-order valence-corrected chi connectivity index (χ1v) is 19.9. The highest BCUT2D eigenvalue weighted by atomic mass is 32.2. The maximum absolute atomic E-state index is 13.1. The lowest BCUT2D eigenvalue weighted by Crippen LogP contribution is -2.31. The average Bonchev–Trinajstić information content (AvgIpc) is 3.81. The minimum atomic E-state index is -0.669. The largest absolute Gasteiger partial charge is 0.431 e. The number of hydrogen-bond acceptors (Lipinski definition) is 8. The van der Waals surface area contributed by atoms with Crippen molar-refractivity contribution in [2.24, 2.45) is 0 Å². The van der Waals surface area contributed by atoms with Crippen molar-refractivity contribution < 1.29 is 28.6 Å². The van der Waals surface area contributed by atoms with Crippen LogP contribution in [0, 0.1) is 0 Å². The van der Waals surface area contributed by atoms with E-state index < -0.39 is 6.29 Å². The highest BCUT2D eigenvalue weighted by molar-refractivity contribution is 7.99. The van der Waals surface area contributed by atoms with E-state index in [0.29, 0.717) is 28.5 Å². The van der Waals surface area contributed by atoms with Crippen molar-refractivity contribution in [3.63, 3.8) is 0 Å². The first-order valence-electron chi connectivity index (χ1n) is 18.9. The minimum absolute atomic E-state index is 0.0326. The molecule has 3 atom stereocenters. The number of aliphatic hydroxyl groups excluding tert-OH is 1. The Balaban J connectivity index is 0.968. The average molecular weight is 771 g/mol. The summed E-state index contributed by atoms with van der Waals surface area (Å²) < 4.78 is 19.9. The lowest BCUT2D eigenvalue weighted by atomic mass is 9.99. The molecule has 3 heterocycles. The number of rotatable bonds is 11. The molecule has 8 nitrogen and oxygen atoms in total. The van der Waals surface area contributed by atoms with E-state index in [1.54, 1.807) is 24.3 Å². The zero-order valence-corrected chi connectivity index (χ0v) is 31.7. The van der Waals surface area contributed by atoms with Crippen LogP contribution in [-0.4, -0.2) is 38.7 Å². The van der Waals surface area contributed by atoms with Crippen LogP contribution in [0.2, 0.25) is 0 Å². The van der Waals surface area contributed by atoms with Gasteiger partial charge in [-0.15, -0.1) is 0 Å². The van der Waals surface area contributed by atoms with Gasteiger partial charge in [0.2, 0.25) is 0 Å². The molecule has 0 bridgehead atoms. The fraction of sp³-hybridized carbons (Fsp3) is 0.146. The molecule has 1 fully saturated rings. The first kappa shape index (κ1) is 36.5. The van der Waals surface area contributed by atoms with Crippen molar-refractivity contribution in [2.45, 2.75) is 43.3 Å². The number of benzene rings is 6. The number of amides is 2. The third-order valence-electron chi connectivity index (χ3n) is 10.3. The second-order valence-corrected chi connectivity index (χ2v) is 15.1. The molecule has 0 spiro atoms. The van der Waals surface area contributed by atoms with Gasteiger partial charge >= 0.3 is 0 Å². The summed E-state index contributed by atoms with van der Waals surface area (Å²) in [6.45, 7) is 0.143. The molecule has 9 heteroatoms. The van der Waals surface area contributed by atoms with Gasteiger partial charge in [-0.3, -0.25) is 14.5 Å². The summed E-state index contributed by atoms with van der Waals surface area (Å²) in [5.41, 5.74) is 9.04. The van der Waals surface area contributed by atoms with Gasteiger partial charge in [-0.1, -0.05) is 145 Å². The van der Waals surface area contributed by atoms with Crippen LogP contribution in [-0.2, 0) is 22.6 Å². The molecule has 1 saturated heterocycles. The molecule has 57 heavy (non-hydrogen) atoms. The number of nitrogens with zero attached hydrogens (tertiary/aromatic N) is 2. The van der Waals surface area contributed by atoms with Gasteiger partial charge in [0.05, 0.1) is 36.5 Å². The maximum atomic E-state index is 13.1. The highest BCUT2D eigenvalue weighted by Crippen LogP contribution is 2.42. The number of fused-ring (bicyclic) bond motifs is 1. The predicted molar refractivity (Wildman–Crippen MR) is 219 cm³/mol. The molecule has 282 valence electrons. The topological polar surface area (TPSA) is 102 Å². The van der Waals surface area contributed by atoms with Crippen LogP contribution in [0.3, 0.4) is 0 Å². The van der Waals surface area contributed by atoms with E-state index >= 15 is 0 Å². The van der Waals surface area contributed by atoms with E-state index in [9.17, 15) is 14.7 Å². The van der Waals surface area contributed by atoms with Crippen molar-refractivity contribution in [1.82, 2.24) is 9.88 Å². The number of aromatic nitrogens is 1. The molecular weight excluding hydrogens is 733 g/mol. The molecule has 0 aliphatic carbocycles. The quantitative estimate of drug-likeness (QED) is 0.102. The van der Waals surface area contributed by atoms with E-state index in [1.807, 2.05) is 127 Å². The molecule has 0 saturated carbocycles. The third-order valence-corrected chi connectivity index (χ3v) is 11.3. The van der Waals surface area contributed by atoms with E-state index in [1.165, 1.54) is 16.7 Å². The zero-order chi connectivity index (χ0) is 38.7. The Morgan fingerprint density at radius 1 is 0.632 bits per heavy atom. The number of carbonyl (C=O) groups is 2. The molecule has 6 aromatic carbocycles. The molecule has 2 aliphatic heterocycles. The van der Waals surface area contributed by atoms with Gasteiger partial charge in [0.25, 0.3) is 17.0 Å². The summed E-state index contributed by atoms with van der Waals surface area (Å²) in [4.78, 5) is 32.4. The lowest BCUT2D eigenvalue weighted by Gasteiger charge is -2.36. The Hall–Kier alpha value is -6.10. The Labute approximate surface area is 334 Å². The molecular formula is C48H38N2O6S. The van der Waals surface area contributed by atoms with E-state index in [0.717, 1.165) is 56.0 Å². The van der Waals surface area contributed by atoms with Gasteiger partial charge in [-0.05, 0) is 52.1 Å². The van der Waals surface area contributed by atoms with Gasteiger partial charge in [0.1, 0.15) is 5.69 Å². The lowest BCUT2D eigenvalue weighted by molar-refractivity contribution is -0.245. The Kier molecular flexibility index (Phi) is 10.4. The van der Waals surface area contributed by atoms with Crippen molar-refractivity contribution in [3.8, 4) is 33.7 Å². The van der Waals surface area contributed by atoms with Gasteiger partial charge in [-0.25, -0.2) is 4.98 Å². The second kappa shape index (κ2) is 16.2. The zero-order valence-electron chi connectivity index (χ0n) is 30.9. The number of aliphatic hydroxyl groups is 1. The van der Waals surface area contributed by atoms with Crippen molar-refractivity contribution in [2.75, 3.05) is 5.75 Å². The summed E-state index contributed by atoms with van der Waals surface area (Å²) in [5.74, 6) is 0.743. The molecule has 3 unspecified atom stereocenters. The highest BCUT2D eigenvalue weighted by Gasteiger charge is 2.35. The van der Waals surface area contributed by atoms with Crippen LogP contribution in [0.5, 0.6) is 0 Å². The number of oxazole rings is 1. The Morgan fingerprint density at radius 2 is 1.26 bits per heavy atom. The van der Waals surface area contributed by atoms with Crippen LogP contribution in [0.4, 0.5) is 0 Å². The number of imide groups is 1. The smallest absolute Gasteiger partial charge is 0.261 e. The number of thioether (sulfide) groups is 1. The summed E-state index contributed by atoms with van der Waals surface area (Å²) in [5, 5.41) is 10.2. The Bertz CT molecular complexity index is 2450. The van der Waals surface area contributed by atoms with Crippen LogP contribution in [0.1, 0.15) is 61.8 Å². The molecule has 7 aromatic rings. The first-order chi connectivity index (χ1) is 28.0. The Morgan fingerprint density at radius 3 is 1.96 bits per heavy atom. The predicted octanol–water partition coefficient (Wildman–Crippen LogP) is 10.3. The monoisotopic (exact) mass is 770 g/mol. The standard InChI is InChI=1S/C48H38N2O6S/c51-29-31-21-23-33(24-22-31)42-27-39(30-57-48-49-43(34-12-3-1-4-13-34)44(56-48)35-14-5-2-6-15-35)54-47(55-42)38-18-10-17-37(26-38)36-16-9-11-32(25-36)28-50-45(52)40-19-7-8-20-41(40)46(50)53/h1-26,39,42,47,51H,27-30H2. The maximum Gasteiger partial charge on any atom is 0.261 e. The van der Waals surface area contributed by atoms with Gasteiger partial charge < -0.3 is 19.0 Å². The molecule has 2 amide bonds. The molecule has 0 radical (unpaired) electrons. The van der Waals surface area contributed by atoms with Crippen molar-refractivity contribution in [3.05, 3.63) is 191 Å². The summed E-state index contributed by atoms with van der Waals surface area (Å²) in [6, 6.07) is 50.9. The molecule has 1 aromatic heterocycles. The third kappa shape index (κ3) is 7.70. The van der Waals surface area contributed by atoms with Crippen LogP contribution < -0.4 is 0 Å². The minimum Gasteiger partial charge on any atom is -0.431 e. The van der Waals surface area contributed by atoms with Gasteiger partial charge in [-0.2, -0.15) is 0 Å². The van der Waals surface area contributed by atoms with Gasteiger partial charge in [0, 0.05) is 28.9 Å². The summed E-state index contributed by atoms with van der Waals surface area (Å²) >= 11 is 1.52. The van der Waals surface area contributed by atoms with E-state index in [-0.39, 0.29) is 37.2 Å². The SMILES string of the molecule is O=C1c2ccccc2C(=O)N1Cc1cccc(-c2cccc(C3OC(CSc4nc(-c5ccccc5)c(-c5ccccc5)o4)CC(c4ccc(CO)cc4)O3)c2)c1. The number of ether oxygens (including phenoxy) is 2. The van der Waals surface area contributed by atoms with Crippen molar-refractivity contribution >= 4 is 23.6 Å². The van der Waals surface area contributed by atoms with Crippen LogP contribution >= 0.6 is 11.8 Å². The molecule has 9 rings (SSSR count). The molecule has 2 aliphatic rings. The normalized spacial score (nSPS) is 17.8. The number of carbonyl (C=O) groups excluding carboxylic acids is 2. The summed E-state index contributed by atoms with van der Waals surface area (Å²) in [6.07, 6.45) is -0.537. The number of hydrogen-bond donors (Lipinski definition) is 1. The van der Waals surface area contributed by atoms with Crippen LogP contribution in [0.15, 0.2) is 167 Å². The second-order valence-electron chi connectivity index (χ2n) is 14.1.